The fraction of sp³-hybridized carbons (Fsp3) is 0.217. The number of hydrogen-bond donors (Lipinski definition) is 2. The highest BCUT2D eigenvalue weighted by atomic mass is 32.2. The van der Waals surface area contributed by atoms with Crippen LogP contribution in [0.1, 0.15) is 24.8 Å². The van der Waals surface area contributed by atoms with E-state index in [0.29, 0.717) is 16.8 Å². The van der Waals surface area contributed by atoms with Crippen LogP contribution in [0.15, 0.2) is 59.5 Å². The summed E-state index contributed by atoms with van der Waals surface area (Å²) in [6, 6.07) is 15.9. The molecule has 0 radical (unpaired) electrons. The molecule has 1 amide bonds. The molecule has 2 aliphatic heterocycles. The first-order valence-corrected chi connectivity index (χ1v) is 11.9. The lowest BCUT2D eigenvalue weighted by molar-refractivity contribution is -0.114. The summed E-state index contributed by atoms with van der Waals surface area (Å²) < 4.78 is 33.0. The molecule has 0 saturated carbocycles. The maximum absolute atomic E-state index is 13.1. The Hall–Kier alpha value is -3.43. The number of benzene rings is 3. The molecule has 0 bridgehead atoms. The summed E-state index contributed by atoms with van der Waals surface area (Å²) in [6.07, 6.45) is 1.92. The lowest BCUT2D eigenvalue weighted by Crippen LogP contribution is -2.35. The van der Waals surface area contributed by atoms with Crippen molar-refractivity contribution < 1.29 is 17.9 Å². The van der Waals surface area contributed by atoms with Crippen LogP contribution in [-0.4, -0.2) is 37.4 Å². The molecule has 1 aromatic heterocycles. The van der Waals surface area contributed by atoms with Gasteiger partial charge in [0.15, 0.2) is 0 Å². The van der Waals surface area contributed by atoms with Gasteiger partial charge in [-0.2, -0.15) is 0 Å². The Balaban J connectivity index is 1.25. The Labute approximate surface area is 184 Å². The van der Waals surface area contributed by atoms with Gasteiger partial charge in [0.05, 0.1) is 21.6 Å². The molecule has 2 N–H and O–H groups in total. The first-order valence-electron chi connectivity index (χ1n) is 10.5. The first-order chi connectivity index (χ1) is 15.5. The normalized spacial score (nSPS) is 19.1. The van der Waals surface area contributed by atoms with E-state index in [4.69, 9.17) is 4.74 Å². The van der Waals surface area contributed by atoms with Gasteiger partial charge in [0.2, 0.25) is 5.91 Å². The standard InChI is InChI=1S/C23H20N4O4S/c28-21(13-27-18-6-1-4-14-5-2-8-20(22(14)18)32(27,29)30)24-15-9-10-16-17(12-15)26-23(25-16)19-7-3-11-31-19/h1-2,4-6,8-10,12,19H,3,7,11,13H2,(H,24,28)(H,25,26). The number of imidazole rings is 1. The van der Waals surface area contributed by atoms with E-state index in [1.807, 2.05) is 18.2 Å². The molecule has 6 rings (SSSR count). The molecule has 3 heterocycles. The quantitative estimate of drug-likeness (QED) is 0.495. The van der Waals surface area contributed by atoms with Crippen LogP contribution in [0.3, 0.4) is 0 Å². The maximum Gasteiger partial charge on any atom is 0.265 e. The van der Waals surface area contributed by atoms with Gasteiger partial charge in [-0.05, 0) is 48.6 Å². The molecule has 2 aliphatic rings. The average molecular weight is 449 g/mol. The summed E-state index contributed by atoms with van der Waals surface area (Å²) in [4.78, 5) is 20.9. The van der Waals surface area contributed by atoms with Gasteiger partial charge in [-0.1, -0.05) is 24.3 Å². The van der Waals surface area contributed by atoms with Crippen molar-refractivity contribution in [3.05, 3.63) is 60.4 Å². The van der Waals surface area contributed by atoms with Crippen LogP contribution in [0.2, 0.25) is 0 Å². The zero-order valence-electron chi connectivity index (χ0n) is 17.0. The van der Waals surface area contributed by atoms with Crippen LogP contribution < -0.4 is 9.62 Å². The largest absolute Gasteiger partial charge is 0.370 e. The van der Waals surface area contributed by atoms with E-state index < -0.39 is 15.9 Å². The lowest BCUT2D eigenvalue weighted by Gasteiger charge is -2.18. The van der Waals surface area contributed by atoms with Crippen molar-refractivity contribution in [2.75, 3.05) is 22.8 Å². The van der Waals surface area contributed by atoms with Crippen LogP contribution in [0, 0.1) is 0 Å². The summed E-state index contributed by atoms with van der Waals surface area (Å²) >= 11 is 0. The first kappa shape index (κ1) is 19.3. The van der Waals surface area contributed by atoms with Crippen LogP contribution >= 0.6 is 0 Å². The fourth-order valence-electron chi connectivity index (χ4n) is 4.51. The Kier molecular flexibility index (Phi) is 4.24. The second-order valence-electron chi connectivity index (χ2n) is 8.05. The molecule has 4 aromatic rings. The summed E-state index contributed by atoms with van der Waals surface area (Å²) in [5.41, 5.74) is 2.67. The summed E-state index contributed by atoms with van der Waals surface area (Å²) in [6.45, 7) is 0.429. The second kappa shape index (κ2) is 7.04. The number of aromatic amines is 1. The van der Waals surface area contributed by atoms with Crippen LogP contribution in [0.4, 0.5) is 11.4 Å². The van der Waals surface area contributed by atoms with Crippen LogP contribution in [-0.2, 0) is 19.6 Å². The number of sulfonamides is 1. The topological polar surface area (TPSA) is 104 Å². The minimum absolute atomic E-state index is 0.0230. The van der Waals surface area contributed by atoms with Crippen LogP contribution in [0.5, 0.6) is 0 Å². The predicted octanol–water partition coefficient (Wildman–Crippen LogP) is 3.72. The van der Waals surface area contributed by atoms with Gasteiger partial charge < -0.3 is 15.0 Å². The number of aromatic nitrogens is 2. The molecule has 162 valence electrons. The molecular weight excluding hydrogens is 428 g/mol. The fourth-order valence-corrected chi connectivity index (χ4v) is 6.18. The summed E-state index contributed by atoms with van der Waals surface area (Å²) in [5, 5.41) is 4.30. The van der Waals surface area contributed by atoms with Gasteiger partial charge in [-0.15, -0.1) is 0 Å². The van der Waals surface area contributed by atoms with E-state index in [-0.39, 0.29) is 17.5 Å². The number of hydrogen-bond acceptors (Lipinski definition) is 5. The van der Waals surface area contributed by atoms with Gasteiger partial charge in [0.1, 0.15) is 18.5 Å². The molecule has 1 unspecified atom stereocenters. The van der Waals surface area contributed by atoms with E-state index in [1.165, 1.54) is 4.31 Å². The van der Waals surface area contributed by atoms with Gasteiger partial charge in [0.25, 0.3) is 10.0 Å². The van der Waals surface area contributed by atoms with Gasteiger partial charge >= 0.3 is 0 Å². The van der Waals surface area contributed by atoms with Gasteiger partial charge in [-0.3, -0.25) is 9.10 Å². The van der Waals surface area contributed by atoms with Gasteiger partial charge in [0, 0.05) is 17.7 Å². The molecular formula is C23H20N4O4S. The van der Waals surface area contributed by atoms with E-state index in [0.717, 1.165) is 41.7 Å². The van der Waals surface area contributed by atoms with Crippen molar-refractivity contribution in [2.24, 2.45) is 0 Å². The highest BCUT2D eigenvalue weighted by molar-refractivity contribution is 7.93. The Bertz CT molecular complexity index is 1480. The molecule has 0 aliphatic carbocycles. The Morgan fingerprint density at radius 2 is 2.03 bits per heavy atom. The molecule has 3 aromatic carbocycles. The Morgan fingerprint density at radius 1 is 1.19 bits per heavy atom. The van der Waals surface area contributed by atoms with Crippen molar-refractivity contribution in [1.82, 2.24) is 9.97 Å². The minimum atomic E-state index is -3.78. The average Bonchev–Trinajstić information content (AvgIpc) is 3.49. The third kappa shape index (κ3) is 2.96. The zero-order valence-corrected chi connectivity index (χ0v) is 17.9. The second-order valence-corrected chi connectivity index (χ2v) is 9.88. The maximum atomic E-state index is 13.1. The van der Waals surface area contributed by atoms with Crippen molar-refractivity contribution in [3.8, 4) is 0 Å². The highest BCUT2D eigenvalue weighted by Gasteiger charge is 2.36. The third-order valence-corrected chi connectivity index (χ3v) is 7.79. The number of carbonyl (C=O) groups excluding carboxylic acids is 1. The molecule has 32 heavy (non-hydrogen) atoms. The molecule has 9 heteroatoms. The Morgan fingerprint density at radius 3 is 2.84 bits per heavy atom. The van der Waals surface area contributed by atoms with Crippen molar-refractivity contribution in [1.29, 1.82) is 0 Å². The smallest absolute Gasteiger partial charge is 0.265 e. The number of fused-ring (bicyclic) bond motifs is 1. The van der Waals surface area contributed by atoms with E-state index in [2.05, 4.69) is 15.3 Å². The number of ether oxygens (including phenoxy) is 1. The number of nitrogens with zero attached hydrogens (tertiary/aromatic N) is 2. The predicted molar refractivity (Wildman–Crippen MR) is 121 cm³/mol. The monoisotopic (exact) mass is 448 g/mol. The van der Waals surface area contributed by atoms with Crippen LogP contribution in [0.25, 0.3) is 21.8 Å². The SMILES string of the molecule is O=C(CN1c2cccc3cccc(c23)S1(=O)=O)Nc1ccc2nc(C3CCCO3)[nH]c2c1. The lowest BCUT2D eigenvalue weighted by atomic mass is 10.1. The number of amides is 1. The molecule has 1 fully saturated rings. The summed E-state index contributed by atoms with van der Waals surface area (Å²) in [5.74, 6) is 0.367. The van der Waals surface area contributed by atoms with E-state index >= 15 is 0 Å². The highest BCUT2D eigenvalue weighted by Crippen LogP contribution is 2.41. The van der Waals surface area contributed by atoms with Crippen molar-refractivity contribution in [2.45, 2.75) is 23.8 Å². The van der Waals surface area contributed by atoms with Crippen molar-refractivity contribution in [3.63, 3.8) is 0 Å². The molecule has 1 saturated heterocycles. The van der Waals surface area contributed by atoms with Gasteiger partial charge in [-0.25, -0.2) is 13.4 Å². The number of anilines is 2. The minimum Gasteiger partial charge on any atom is -0.370 e. The molecule has 8 nitrogen and oxygen atoms in total. The number of rotatable bonds is 4. The zero-order chi connectivity index (χ0) is 21.9. The third-order valence-electron chi connectivity index (χ3n) is 5.99. The number of H-pyrrole nitrogens is 1. The summed E-state index contributed by atoms with van der Waals surface area (Å²) in [7, 11) is -3.78. The molecule has 0 spiro atoms. The van der Waals surface area contributed by atoms with Crippen molar-refractivity contribution >= 4 is 49.1 Å². The molecule has 1 atom stereocenters. The van der Waals surface area contributed by atoms with E-state index in [9.17, 15) is 13.2 Å². The van der Waals surface area contributed by atoms with E-state index in [1.54, 1.807) is 36.4 Å². The number of nitrogens with one attached hydrogen (secondary N) is 2. The number of carbonyl (C=O) groups is 1.